The molecule has 1 atom stereocenters. The normalized spacial score (nSPS) is 18.3. The first-order valence-corrected chi connectivity index (χ1v) is 8.10. The number of benzene rings is 1. The maximum absolute atomic E-state index is 5.87. The highest BCUT2D eigenvalue weighted by molar-refractivity contribution is 5.75. The van der Waals surface area contributed by atoms with Gasteiger partial charge in [-0.3, -0.25) is 0 Å². The van der Waals surface area contributed by atoms with Crippen LogP contribution in [0.15, 0.2) is 24.3 Å². The predicted octanol–water partition coefficient (Wildman–Crippen LogP) is 2.80. The van der Waals surface area contributed by atoms with Crippen molar-refractivity contribution in [2.75, 3.05) is 26.3 Å². The van der Waals surface area contributed by atoms with Crippen molar-refractivity contribution in [3.63, 3.8) is 0 Å². The molecule has 0 spiro atoms. The molecule has 0 saturated carbocycles. The number of hydrogen-bond donors (Lipinski definition) is 1. The topological polar surface area (TPSA) is 56.3 Å². The van der Waals surface area contributed by atoms with Crippen molar-refractivity contribution in [2.24, 2.45) is 5.92 Å². The van der Waals surface area contributed by atoms with E-state index < -0.39 is 0 Å². The molecule has 2 aromatic rings. The quantitative estimate of drug-likeness (QED) is 0.889. The van der Waals surface area contributed by atoms with Crippen molar-refractivity contribution in [2.45, 2.75) is 26.2 Å². The molecule has 5 nitrogen and oxygen atoms in total. The van der Waals surface area contributed by atoms with Gasteiger partial charge in [0, 0.05) is 0 Å². The SMILES string of the molecule is CCOc1nc2ccccc2nc1OCC[C@H]1CCCNC1. The fraction of sp³-hybridized carbons (Fsp3) is 0.529. The van der Waals surface area contributed by atoms with E-state index in [0.717, 1.165) is 30.5 Å². The van der Waals surface area contributed by atoms with Gasteiger partial charge in [0.2, 0.25) is 0 Å². The second kappa shape index (κ2) is 7.40. The Hall–Kier alpha value is -1.88. The zero-order valence-corrected chi connectivity index (χ0v) is 13.0. The van der Waals surface area contributed by atoms with Crippen molar-refractivity contribution >= 4 is 11.0 Å². The van der Waals surface area contributed by atoms with Gasteiger partial charge in [0.25, 0.3) is 11.8 Å². The molecule has 1 saturated heterocycles. The molecule has 0 amide bonds. The van der Waals surface area contributed by atoms with Crippen LogP contribution >= 0.6 is 0 Å². The van der Waals surface area contributed by atoms with Crippen LogP contribution < -0.4 is 14.8 Å². The summed E-state index contributed by atoms with van der Waals surface area (Å²) in [6.07, 6.45) is 3.57. The van der Waals surface area contributed by atoms with Gasteiger partial charge < -0.3 is 14.8 Å². The van der Waals surface area contributed by atoms with E-state index in [4.69, 9.17) is 9.47 Å². The molecule has 0 unspecified atom stereocenters. The molecule has 3 rings (SSSR count). The van der Waals surface area contributed by atoms with Crippen LogP contribution in [0.1, 0.15) is 26.2 Å². The summed E-state index contributed by atoms with van der Waals surface area (Å²) in [5, 5.41) is 3.43. The predicted molar refractivity (Wildman–Crippen MR) is 86.4 cm³/mol. The molecule has 0 bridgehead atoms. The summed E-state index contributed by atoms with van der Waals surface area (Å²) in [7, 11) is 0. The number of hydrogen-bond acceptors (Lipinski definition) is 5. The van der Waals surface area contributed by atoms with Gasteiger partial charge in [0.1, 0.15) is 0 Å². The first-order valence-electron chi connectivity index (χ1n) is 8.10. The molecule has 0 radical (unpaired) electrons. The number of rotatable bonds is 6. The summed E-state index contributed by atoms with van der Waals surface area (Å²) < 4.78 is 11.5. The van der Waals surface area contributed by atoms with Gasteiger partial charge in [-0.15, -0.1) is 0 Å². The van der Waals surface area contributed by atoms with E-state index in [1.807, 2.05) is 31.2 Å². The minimum atomic E-state index is 0.489. The average Bonchev–Trinajstić information content (AvgIpc) is 2.56. The third-order valence-electron chi connectivity index (χ3n) is 3.95. The van der Waals surface area contributed by atoms with Crippen LogP contribution in [0.25, 0.3) is 11.0 Å². The van der Waals surface area contributed by atoms with Crippen molar-refractivity contribution in [1.82, 2.24) is 15.3 Å². The molecular weight excluding hydrogens is 278 g/mol. The van der Waals surface area contributed by atoms with Crippen molar-refractivity contribution in [1.29, 1.82) is 0 Å². The lowest BCUT2D eigenvalue weighted by Gasteiger charge is -2.22. The standard InChI is InChI=1S/C17H23N3O2/c1-2-21-16-17(20-15-8-4-3-7-14(15)19-16)22-11-9-13-6-5-10-18-12-13/h3-4,7-8,13,18H,2,5-6,9-12H2,1H3/t13-/m1/s1. The zero-order valence-electron chi connectivity index (χ0n) is 13.0. The zero-order chi connectivity index (χ0) is 15.2. The highest BCUT2D eigenvalue weighted by atomic mass is 16.5. The first-order chi connectivity index (χ1) is 10.9. The van der Waals surface area contributed by atoms with Gasteiger partial charge in [-0.2, -0.15) is 0 Å². The summed E-state index contributed by atoms with van der Waals surface area (Å²) in [5.41, 5.74) is 1.66. The molecule has 1 N–H and O–H groups in total. The summed E-state index contributed by atoms with van der Waals surface area (Å²) in [6.45, 7) is 5.37. The van der Waals surface area contributed by atoms with E-state index in [0.29, 0.717) is 30.9 Å². The third-order valence-corrected chi connectivity index (χ3v) is 3.95. The molecule has 1 aliphatic rings. The van der Waals surface area contributed by atoms with Gasteiger partial charge >= 0.3 is 0 Å². The Morgan fingerprint density at radius 1 is 1.14 bits per heavy atom. The van der Waals surface area contributed by atoms with Crippen LogP contribution in [0.3, 0.4) is 0 Å². The van der Waals surface area contributed by atoms with Crippen LogP contribution in [-0.4, -0.2) is 36.3 Å². The molecule has 22 heavy (non-hydrogen) atoms. The number of ether oxygens (including phenoxy) is 2. The molecule has 2 heterocycles. The minimum absolute atomic E-state index is 0.489. The lowest BCUT2D eigenvalue weighted by molar-refractivity contribution is 0.229. The molecular formula is C17H23N3O2. The molecule has 0 aliphatic carbocycles. The molecule has 1 fully saturated rings. The van der Waals surface area contributed by atoms with Crippen LogP contribution in [0.2, 0.25) is 0 Å². The second-order valence-electron chi connectivity index (χ2n) is 5.61. The second-order valence-corrected chi connectivity index (χ2v) is 5.61. The Bertz CT molecular complexity index is 612. The largest absolute Gasteiger partial charge is 0.474 e. The monoisotopic (exact) mass is 301 g/mol. The van der Waals surface area contributed by atoms with Crippen molar-refractivity contribution < 1.29 is 9.47 Å². The Balaban J connectivity index is 1.69. The summed E-state index contributed by atoms with van der Waals surface area (Å²) in [5.74, 6) is 1.69. The summed E-state index contributed by atoms with van der Waals surface area (Å²) >= 11 is 0. The highest BCUT2D eigenvalue weighted by Crippen LogP contribution is 2.26. The molecule has 118 valence electrons. The Morgan fingerprint density at radius 2 is 1.86 bits per heavy atom. The van der Waals surface area contributed by atoms with E-state index in [9.17, 15) is 0 Å². The van der Waals surface area contributed by atoms with E-state index in [1.165, 1.54) is 12.8 Å². The van der Waals surface area contributed by atoms with Gasteiger partial charge in [0.05, 0.1) is 24.2 Å². The number of para-hydroxylation sites is 2. The van der Waals surface area contributed by atoms with E-state index in [2.05, 4.69) is 15.3 Å². The van der Waals surface area contributed by atoms with E-state index in [-0.39, 0.29) is 0 Å². The lowest BCUT2D eigenvalue weighted by atomic mass is 9.97. The number of nitrogens with one attached hydrogen (secondary N) is 1. The van der Waals surface area contributed by atoms with Gasteiger partial charge in [0.15, 0.2) is 0 Å². The van der Waals surface area contributed by atoms with Crippen LogP contribution in [0.4, 0.5) is 0 Å². The van der Waals surface area contributed by atoms with E-state index >= 15 is 0 Å². The fourth-order valence-electron chi connectivity index (χ4n) is 2.79. The average molecular weight is 301 g/mol. The molecule has 1 aromatic carbocycles. The number of piperidine rings is 1. The number of nitrogens with zero attached hydrogens (tertiary/aromatic N) is 2. The highest BCUT2D eigenvalue weighted by Gasteiger charge is 2.15. The Kier molecular flexibility index (Phi) is 5.06. The summed E-state index contributed by atoms with van der Waals surface area (Å²) in [6, 6.07) is 7.77. The number of fused-ring (bicyclic) bond motifs is 1. The fourth-order valence-corrected chi connectivity index (χ4v) is 2.79. The Labute approximate surface area is 131 Å². The Morgan fingerprint density at radius 3 is 2.50 bits per heavy atom. The number of aromatic nitrogens is 2. The third kappa shape index (κ3) is 3.65. The van der Waals surface area contributed by atoms with Crippen LogP contribution in [0, 0.1) is 5.92 Å². The van der Waals surface area contributed by atoms with Crippen molar-refractivity contribution in [3.8, 4) is 11.8 Å². The van der Waals surface area contributed by atoms with Crippen molar-refractivity contribution in [3.05, 3.63) is 24.3 Å². The van der Waals surface area contributed by atoms with Gasteiger partial charge in [-0.25, -0.2) is 9.97 Å². The van der Waals surface area contributed by atoms with Gasteiger partial charge in [-0.1, -0.05) is 12.1 Å². The van der Waals surface area contributed by atoms with Gasteiger partial charge in [-0.05, 0) is 57.3 Å². The smallest absolute Gasteiger partial charge is 0.278 e. The molecule has 1 aromatic heterocycles. The molecule has 1 aliphatic heterocycles. The molecule has 5 heteroatoms. The maximum Gasteiger partial charge on any atom is 0.278 e. The van der Waals surface area contributed by atoms with E-state index in [1.54, 1.807) is 0 Å². The van der Waals surface area contributed by atoms with Crippen LogP contribution in [0.5, 0.6) is 11.8 Å². The maximum atomic E-state index is 5.87. The minimum Gasteiger partial charge on any atom is -0.474 e. The van der Waals surface area contributed by atoms with Crippen LogP contribution in [-0.2, 0) is 0 Å². The first kappa shape index (κ1) is 15.0. The summed E-state index contributed by atoms with van der Waals surface area (Å²) in [4.78, 5) is 9.06. The lowest BCUT2D eigenvalue weighted by Crippen LogP contribution is -2.30.